The molecular weight excluding hydrogens is 416 g/mol. The molecule has 0 aliphatic rings. The van der Waals surface area contributed by atoms with Gasteiger partial charge in [0.05, 0.1) is 22.6 Å². The predicted molar refractivity (Wildman–Crippen MR) is 93.8 cm³/mol. The fourth-order valence-corrected chi connectivity index (χ4v) is 4.10. The van der Waals surface area contributed by atoms with Crippen molar-refractivity contribution < 1.29 is 22.9 Å². The van der Waals surface area contributed by atoms with Crippen molar-refractivity contribution in [2.75, 3.05) is 18.0 Å². The number of ether oxygens (including phenoxy) is 1. The first-order valence-electron chi connectivity index (χ1n) is 6.86. The van der Waals surface area contributed by atoms with E-state index < -0.39 is 27.5 Å². The summed E-state index contributed by atoms with van der Waals surface area (Å²) in [5.41, 5.74) is -0.161. The molecule has 2 aromatic carbocycles. The van der Waals surface area contributed by atoms with E-state index in [4.69, 9.17) is 0 Å². The Balaban J connectivity index is 2.59. The molecule has 0 heterocycles. The Hall–Kier alpha value is -2.46. The van der Waals surface area contributed by atoms with Crippen LogP contribution in [0.4, 0.5) is 11.4 Å². The van der Waals surface area contributed by atoms with Gasteiger partial charge in [-0.25, -0.2) is 8.42 Å². The molecule has 0 aliphatic heterocycles. The van der Waals surface area contributed by atoms with Crippen molar-refractivity contribution in [1.82, 2.24) is 0 Å². The Kier molecular flexibility index (Phi) is 5.75. The first kappa shape index (κ1) is 18.9. The molecule has 0 fully saturated rings. The molecule has 2 rings (SSSR count). The number of non-ortho nitro benzene ring substituents is 1. The number of halogens is 1. The number of carbonyl (C=O) groups excluding carboxylic acids is 1. The first-order chi connectivity index (χ1) is 11.8. The molecule has 0 unspecified atom stereocenters. The summed E-state index contributed by atoms with van der Waals surface area (Å²) in [6.45, 7) is -0.579. The molecule has 10 heteroatoms. The van der Waals surface area contributed by atoms with Crippen LogP contribution in [-0.2, 0) is 19.6 Å². The highest BCUT2D eigenvalue weighted by Gasteiger charge is 2.29. The van der Waals surface area contributed by atoms with Crippen LogP contribution < -0.4 is 4.31 Å². The molecule has 0 amide bonds. The zero-order valence-electron chi connectivity index (χ0n) is 13.0. The molecule has 0 atom stereocenters. The van der Waals surface area contributed by atoms with E-state index in [9.17, 15) is 23.3 Å². The largest absolute Gasteiger partial charge is 0.468 e. The SMILES string of the molecule is COC(=O)CN(c1ccccc1Br)S(=O)(=O)c1cccc([N+](=O)[O-])c1. The highest BCUT2D eigenvalue weighted by Crippen LogP contribution is 2.31. The zero-order valence-corrected chi connectivity index (χ0v) is 15.4. The van der Waals surface area contributed by atoms with Gasteiger partial charge in [0.2, 0.25) is 0 Å². The average molecular weight is 429 g/mol. The first-order valence-corrected chi connectivity index (χ1v) is 9.09. The van der Waals surface area contributed by atoms with Crippen LogP contribution in [0.5, 0.6) is 0 Å². The topological polar surface area (TPSA) is 107 Å². The lowest BCUT2D eigenvalue weighted by atomic mass is 10.3. The van der Waals surface area contributed by atoms with Crippen LogP contribution in [0.15, 0.2) is 57.9 Å². The number of hydrogen-bond acceptors (Lipinski definition) is 6. The van der Waals surface area contributed by atoms with Crippen LogP contribution in [0, 0.1) is 10.1 Å². The van der Waals surface area contributed by atoms with Crippen molar-refractivity contribution >= 4 is 43.3 Å². The number of methoxy groups -OCH3 is 1. The number of rotatable bonds is 6. The fraction of sp³-hybridized carbons (Fsp3) is 0.133. The normalized spacial score (nSPS) is 11.0. The number of nitrogens with zero attached hydrogens (tertiary/aromatic N) is 2. The third kappa shape index (κ3) is 4.15. The van der Waals surface area contributed by atoms with Crippen molar-refractivity contribution in [1.29, 1.82) is 0 Å². The summed E-state index contributed by atoms with van der Waals surface area (Å²) in [6, 6.07) is 11.0. The summed E-state index contributed by atoms with van der Waals surface area (Å²) < 4.78 is 31.8. The van der Waals surface area contributed by atoms with Gasteiger partial charge in [0.1, 0.15) is 6.54 Å². The maximum Gasteiger partial charge on any atom is 0.326 e. The van der Waals surface area contributed by atoms with Gasteiger partial charge >= 0.3 is 5.97 Å². The molecule has 0 N–H and O–H groups in total. The monoisotopic (exact) mass is 428 g/mol. The fourth-order valence-electron chi connectivity index (χ4n) is 2.02. The number of nitro benzene ring substituents is 1. The molecule has 0 radical (unpaired) electrons. The van der Waals surface area contributed by atoms with E-state index >= 15 is 0 Å². The minimum Gasteiger partial charge on any atom is -0.468 e. The van der Waals surface area contributed by atoms with Crippen LogP contribution in [0.3, 0.4) is 0 Å². The quantitative estimate of drug-likeness (QED) is 0.397. The number of benzene rings is 2. The standard InChI is InChI=1S/C15H13BrN2O6S/c1-24-15(19)10-17(14-8-3-2-7-13(14)16)25(22,23)12-6-4-5-11(9-12)18(20)21/h2-9H,10H2,1H3. The van der Waals surface area contributed by atoms with Crippen LogP contribution in [0.1, 0.15) is 0 Å². The minimum atomic E-state index is -4.24. The van der Waals surface area contributed by atoms with E-state index in [-0.39, 0.29) is 16.3 Å². The van der Waals surface area contributed by atoms with Crippen molar-refractivity contribution in [2.24, 2.45) is 0 Å². The van der Waals surface area contributed by atoms with Crippen LogP contribution in [0.2, 0.25) is 0 Å². The third-order valence-corrected chi connectivity index (χ3v) is 5.66. The van der Waals surface area contributed by atoms with Gasteiger partial charge in [-0.05, 0) is 34.1 Å². The molecule has 0 bridgehead atoms. The maximum absolute atomic E-state index is 13.0. The van der Waals surface area contributed by atoms with Gasteiger partial charge in [0, 0.05) is 16.6 Å². The van der Waals surface area contributed by atoms with Gasteiger partial charge < -0.3 is 4.74 Å². The van der Waals surface area contributed by atoms with E-state index in [2.05, 4.69) is 20.7 Å². The van der Waals surface area contributed by atoms with Gasteiger partial charge in [0.15, 0.2) is 0 Å². The number of para-hydroxylation sites is 1. The number of anilines is 1. The smallest absolute Gasteiger partial charge is 0.326 e. The van der Waals surface area contributed by atoms with Gasteiger partial charge in [-0.2, -0.15) is 0 Å². The Labute approximate surface area is 152 Å². The van der Waals surface area contributed by atoms with E-state index in [1.165, 1.54) is 24.3 Å². The lowest BCUT2D eigenvalue weighted by Crippen LogP contribution is -2.36. The molecule has 8 nitrogen and oxygen atoms in total. The molecule has 0 aliphatic carbocycles. The molecule has 0 saturated carbocycles. The number of sulfonamides is 1. The Bertz CT molecular complexity index is 916. The molecule has 2 aromatic rings. The number of hydrogen-bond donors (Lipinski definition) is 0. The number of esters is 1. The van der Waals surface area contributed by atoms with E-state index in [0.717, 1.165) is 17.5 Å². The van der Waals surface area contributed by atoms with Crippen LogP contribution in [0.25, 0.3) is 0 Å². The predicted octanol–water partition coefficient (Wildman–Crippen LogP) is 2.73. The Morgan fingerprint density at radius 2 is 1.92 bits per heavy atom. The molecule has 0 saturated heterocycles. The van der Waals surface area contributed by atoms with Crippen molar-refractivity contribution in [3.05, 3.63) is 63.1 Å². The van der Waals surface area contributed by atoms with E-state index in [1.807, 2.05) is 0 Å². The summed E-state index contributed by atoms with van der Waals surface area (Å²) in [6.07, 6.45) is 0. The van der Waals surface area contributed by atoms with E-state index in [1.54, 1.807) is 18.2 Å². The second-order valence-electron chi connectivity index (χ2n) is 4.79. The Morgan fingerprint density at radius 1 is 1.24 bits per heavy atom. The second kappa shape index (κ2) is 7.62. The maximum atomic E-state index is 13.0. The minimum absolute atomic E-state index is 0.208. The molecule has 132 valence electrons. The third-order valence-electron chi connectivity index (χ3n) is 3.24. The lowest BCUT2D eigenvalue weighted by molar-refractivity contribution is -0.385. The average Bonchev–Trinajstić information content (AvgIpc) is 2.60. The molecule has 0 spiro atoms. The van der Waals surface area contributed by atoms with Crippen molar-refractivity contribution in [2.45, 2.75) is 4.90 Å². The Morgan fingerprint density at radius 3 is 2.52 bits per heavy atom. The van der Waals surface area contributed by atoms with Gasteiger partial charge in [-0.15, -0.1) is 0 Å². The second-order valence-corrected chi connectivity index (χ2v) is 7.51. The summed E-state index contributed by atoms with van der Waals surface area (Å²) in [5.74, 6) is -0.773. The highest BCUT2D eigenvalue weighted by molar-refractivity contribution is 9.10. The zero-order chi connectivity index (χ0) is 18.6. The summed E-state index contributed by atoms with van der Waals surface area (Å²) >= 11 is 3.25. The summed E-state index contributed by atoms with van der Waals surface area (Å²) in [4.78, 5) is 21.6. The van der Waals surface area contributed by atoms with Gasteiger partial charge in [0.25, 0.3) is 15.7 Å². The van der Waals surface area contributed by atoms with Crippen molar-refractivity contribution in [3.63, 3.8) is 0 Å². The van der Waals surface area contributed by atoms with Crippen molar-refractivity contribution in [3.8, 4) is 0 Å². The lowest BCUT2D eigenvalue weighted by Gasteiger charge is -2.24. The summed E-state index contributed by atoms with van der Waals surface area (Å²) in [5, 5.41) is 10.9. The van der Waals surface area contributed by atoms with E-state index in [0.29, 0.717) is 4.47 Å². The van der Waals surface area contributed by atoms with Crippen LogP contribution >= 0.6 is 15.9 Å². The number of carbonyl (C=O) groups is 1. The highest BCUT2D eigenvalue weighted by atomic mass is 79.9. The molecule has 25 heavy (non-hydrogen) atoms. The van der Waals surface area contributed by atoms with Gasteiger partial charge in [-0.1, -0.05) is 18.2 Å². The summed E-state index contributed by atoms with van der Waals surface area (Å²) in [7, 11) is -3.10. The number of nitro groups is 1. The molecule has 0 aromatic heterocycles. The van der Waals surface area contributed by atoms with Gasteiger partial charge in [-0.3, -0.25) is 19.2 Å². The van der Waals surface area contributed by atoms with Crippen LogP contribution in [-0.4, -0.2) is 33.0 Å². The molecular formula is C15H13BrN2O6S.